The van der Waals surface area contributed by atoms with Crippen LogP contribution in [0.2, 0.25) is 0 Å². The SMILES string of the molecule is CCOC(=O)C1CCCN(c2ccc(NC(=O)C3C[C@H]3c3ccccc3)cc2S(=O)(=O)NC(C)c2ccccc2)C1. The largest absolute Gasteiger partial charge is 0.466 e. The van der Waals surface area contributed by atoms with Gasteiger partial charge in [-0.05, 0) is 68.4 Å². The minimum atomic E-state index is -4.01. The molecule has 4 atom stereocenters. The average Bonchev–Trinajstić information content (AvgIpc) is 3.80. The summed E-state index contributed by atoms with van der Waals surface area (Å²) < 4.78 is 35.8. The molecule has 9 heteroatoms. The highest BCUT2D eigenvalue weighted by atomic mass is 32.2. The second-order valence-corrected chi connectivity index (χ2v) is 12.5. The summed E-state index contributed by atoms with van der Waals surface area (Å²) in [5.41, 5.74) is 2.89. The second-order valence-electron chi connectivity index (χ2n) is 10.8. The van der Waals surface area contributed by atoms with E-state index in [4.69, 9.17) is 4.74 Å². The summed E-state index contributed by atoms with van der Waals surface area (Å²) in [6.07, 6.45) is 2.19. The molecule has 2 aliphatic rings. The lowest BCUT2D eigenvalue weighted by Gasteiger charge is -2.34. The van der Waals surface area contributed by atoms with E-state index in [0.717, 1.165) is 24.0 Å². The Morgan fingerprint density at radius 3 is 2.44 bits per heavy atom. The first kappa shape index (κ1) is 28.8. The number of carbonyl (C=O) groups excluding carboxylic acids is 2. The number of carbonyl (C=O) groups is 2. The Balaban J connectivity index is 1.41. The van der Waals surface area contributed by atoms with Gasteiger partial charge < -0.3 is 15.0 Å². The number of benzene rings is 3. The molecule has 216 valence electrons. The van der Waals surface area contributed by atoms with Gasteiger partial charge in [-0.25, -0.2) is 13.1 Å². The van der Waals surface area contributed by atoms with Crippen LogP contribution in [0, 0.1) is 11.8 Å². The van der Waals surface area contributed by atoms with Crippen molar-refractivity contribution in [2.24, 2.45) is 11.8 Å². The van der Waals surface area contributed by atoms with Gasteiger partial charge in [0, 0.05) is 30.7 Å². The van der Waals surface area contributed by atoms with Gasteiger partial charge in [0.25, 0.3) is 0 Å². The molecule has 2 N–H and O–H groups in total. The Bertz CT molecular complexity index is 1480. The maximum atomic E-state index is 13.9. The van der Waals surface area contributed by atoms with Crippen LogP contribution in [0.15, 0.2) is 83.8 Å². The average molecular weight is 576 g/mol. The van der Waals surface area contributed by atoms with E-state index in [1.54, 1.807) is 26.0 Å². The highest BCUT2D eigenvalue weighted by Gasteiger charge is 2.44. The van der Waals surface area contributed by atoms with Crippen LogP contribution < -0.4 is 14.9 Å². The lowest BCUT2D eigenvalue weighted by atomic mass is 9.97. The first-order chi connectivity index (χ1) is 19.8. The third kappa shape index (κ3) is 6.80. The molecule has 1 heterocycles. The van der Waals surface area contributed by atoms with Crippen molar-refractivity contribution in [3.05, 3.63) is 90.0 Å². The normalized spacial score (nSPS) is 21.1. The maximum Gasteiger partial charge on any atom is 0.310 e. The molecule has 0 bridgehead atoms. The number of nitrogens with one attached hydrogen (secondary N) is 2. The summed E-state index contributed by atoms with van der Waals surface area (Å²) in [7, 11) is -4.01. The van der Waals surface area contributed by atoms with E-state index >= 15 is 0 Å². The molecular formula is C32H37N3O5S. The van der Waals surface area contributed by atoms with E-state index in [2.05, 4.69) is 10.0 Å². The van der Waals surface area contributed by atoms with Gasteiger partial charge in [-0.2, -0.15) is 0 Å². The lowest BCUT2D eigenvalue weighted by Crippen LogP contribution is -2.40. The third-order valence-electron chi connectivity index (χ3n) is 7.89. The molecule has 0 aromatic heterocycles. The van der Waals surface area contributed by atoms with Crippen LogP contribution in [-0.2, 0) is 24.3 Å². The van der Waals surface area contributed by atoms with Gasteiger partial charge in [0.1, 0.15) is 4.90 Å². The summed E-state index contributed by atoms with van der Waals surface area (Å²) in [6, 6.07) is 23.8. The Morgan fingerprint density at radius 2 is 1.73 bits per heavy atom. The third-order valence-corrected chi connectivity index (χ3v) is 9.46. The predicted molar refractivity (Wildman–Crippen MR) is 159 cm³/mol. The summed E-state index contributed by atoms with van der Waals surface area (Å²) in [4.78, 5) is 27.6. The number of hydrogen-bond acceptors (Lipinski definition) is 6. The first-order valence-electron chi connectivity index (χ1n) is 14.3. The molecule has 0 radical (unpaired) electrons. The van der Waals surface area contributed by atoms with Crippen LogP contribution in [0.25, 0.3) is 0 Å². The number of sulfonamides is 1. The summed E-state index contributed by atoms with van der Waals surface area (Å²) in [6.45, 7) is 4.85. The Kier molecular flexibility index (Phi) is 8.75. The quantitative estimate of drug-likeness (QED) is 0.320. The van der Waals surface area contributed by atoms with E-state index < -0.39 is 16.1 Å². The van der Waals surface area contributed by atoms with E-state index in [9.17, 15) is 18.0 Å². The number of ether oxygens (including phenoxy) is 1. The van der Waals surface area contributed by atoms with Crippen LogP contribution in [0.4, 0.5) is 11.4 Å². The van der Waals surface area contributed by atoms with Gasteiger partial charge in [-0.15, -0.1) is 0 Å². The molecule has 1 saturated heterocycles. The van der Waals surface area contributed by atoms with Gasteiger partial charge in [-0.3, -0.25) is 9.59 Å². The zero-order valence-electron chi connectivity index (χ0n) is 23.5. The number of anilines is 2. The smallest absolute Gasteiger partial charge is 0.310 e. The molecule has 1 saturated carbocycles. The van der Waals surface area contributed by atoms with Crippen LogP contribution in [0.5, 0.6) is 0 Å². The summed E-state index contributed by atoms with van der Waals surface area (Å²) in [5, 5.41) is 2.95. The van der Waals surface area contributed by atoms with Gasteiger partial charge >= 0.3 is 5.97 Å². The van der Waals surface area contributed by atoms with E-state index in [1.807, 2.05) is 65.6 Å². The van der Waals surface area contributed by atoms with Crippen molar-refractivity contribution in [2.45, 2.75) is 50.0 Å². The highest BCUT2D eigenvalue weighted by Crippen LogP contribution is 2.48. The summed E-state index contributed by atoms with van der Waals surface area (Å²) >= 11 is 0. The molecule has 3 aromatic rings. The van der Waals surface area contributed by atoms with Gasteiger partial charge in [0.15, 0.2) is 0 Å². The van der Waals surface area contributed by atoms with E-state index in [-0.39, 0.29) is 34.5 Å². The van der Waals surface area contributed by atoms with Crippen molar-refractivity contribution in [3.8, 4) is 0 Å². The fourth-order valence-electron chi connectivity index (χ4n) is 5.61. The topological polar surface area (TPSA) is 105 Å². The van der Waals surface area contributed by atoms with Crippen LogP contribution in [0.3, 0.4) is 0 Å². The molecule has 41 heavy (non-hydrogen) atoms. The minimum Gasteiger partial charge on any atom is -0.466 e. The molecule has 2 fully saturated rings. The van der Waals surface area contributed by atoms with Gasteiger partial charge in [0.2, 0.25) is 15.9 Å². The number of piperidine rings is 1. The number of rotatable bonds is 10. The van der Waals surface area contributed by atoms with Crippen molar-refractivity contribution in [1.29, 1.82) is 0 Å². The number of amides is 1. The number of hydrogen-bond donors (Lipinski definition) is 2. The molecule has 0 spiro atoms. The highest BCUT2D eigenvalue weighted by molar-refractivity contribution is 7.89. The lowest BCUT2D eigenvalue weighted by molar-refractivity contribution is -0.148. The first-order valence-corrected chi connectivity index (χ1v) is 15.7. The van der Waals surface area contributed by atoms with Crippen molar-refractivity contribution in [2.75, 3.05) is 29.9 Å². The Hall–Kier alpha value is -3.69. The zero-order chi connectivity index (χ0) is 29.0. The van der Waals surface area contributed by atoms with Gasteiger partial charge in [-0.1, -0.05) is 60.7 Å². The standard InChI is InChI=1S/C32H37N3O5S/c1-3-40-32(37)25-15-10-18-35(21-25)29-17-16-26(33-31(36)28-20-27(28)24-13-8-5-9-14-24)19-30(29)41(38,39)34-22(2)23-11-6-4-7-12-23/h4-9,11-14,16-17,19,22,25,27-28,34H,3,10,15,18,20-21H2,1-2H3,(H,33,36)/t22?,25?,27-,28?/m0/s1. The fourth-order valence-corrected chi connectivity index (χ4v) is 7.09. The Morgan fingerprint density at radius 1 is 1.02 bits per heavy atom. The molecule has 1 aliphatic carbocycles. The molecule has 1 amide bonds. The molecule has 3 aromatic carbocycles. The van der Waals surface area contributed by atoms with Crippen LogP contribution in [0.1, 0.15) is 56.2 Å². The van der Waals surface area contributed by atoms with Crippen LogP contribution >= 0.6 is 0 Å². The van der Waals surface area contributed by atoms with E-state index in [0.29, 0.717) is 37.5 Å². The van der Waals surface area contributed by atoms with Crippen molar-refractivity contribution < 1.29 is 22.7 Å². The van der Waals surface area contributed by atoms with Crippen molar-refractivity contribution in [3.63, 3.8) is 0 Å². The van der Waals surface area contributed by atoms with Crippen molar-refractivity contribution in [1.82, 2.24) is 4.72 Å². The molecule has 5 rings (SSSR count). The van der Waals surface area contributed by atoms with Crippen LogP contribution in [-0.4, -0.2) is 40.0 Å². The van der Waals surface area contributed by atoms with E-state index in [1.165, 1.54) is 6.07 Å². The zero-order valence-corrected chi connectivity index (χ0v) is 24.3. The predicted octanol–water partition coefficient (Wildman–Crippen LogP) is 5.25. The van der Waals surface area contributed by atoms with Gasteiger partial charge in [0.05, 0.1) is 18.2 Å². The molecule has 1 aliphatic heterocycles. The minimum absolute atomic E-state index is 0.0676. The number of nitrogens with zero attached hydrogens (tertiary/aromatic N) is 1. The van der Waals surface area contributed by atoms with Crippen molar-refractivity contribution >= 4 is 33.3 Å². The number of esters is 1. The molecule has 8 nitrogen and oxygen atoms in total. The Labute approximate surface area is 242 Å². The fraction of sp³-hybridized carbons (Fsp3) is 0.375. The second kappa shape index (κ2) is 12.4. The maximum absolute atomic E-state index is 13.9. The molecule has 3 unspecified atom stereocenters. The summed E-state index contributed by atoms with van der Waals surface area (Å²) in [5.74, 6) is -0.708. The molecular weight excluding hydrogens is 538 g/mol. The monoisotopic (exact) mass is 575 g/mol.